The number of hydrogen-bond donors (Lipinski definition) is 1. The molecule has 0 unspecified atom stereocenters. The molecule has 192 valence electrons. The van der Waals surface area contributed by atoms with E-state index in [4.69, 9.17) is 25.8 Å². The molecule has 1 N–H and O–H groups in total. The molecule has 35 heavy (non-hydrogen) atoms. The Labute approximate surface area is 210 Å². The van der Waals surface area contributed by atoms with Gasteiger partial charge >= 0.3 is 5.97 Å². The second kappa shape index (κ2) is 12.6. The van der Waals surface area contributed by atoms with E-state index in [2.05, 4.69) is 22.0 Å². The zero-order valence-corrected chi connectivity index (χ0v) is 22.3. The number of nitrogens with zero attached hydrogens (tertiary/aromatic N) is 3. The average molecular weight is 507 g/mol. The van der Waals surface area contributed by atoms with E-state index in [0.29, 0.717) is 40.9 Å². The van der Waals surface area contributed by atoms with Gasteiger partial charge in [-0.2, -0.15) is 5.10 Å². The maximum Gasteiger partial charge on any atom is 0.349 e. The smallest absolute Gasteiger partial charge is 0.349 e. The summed E-state index contributed by atoms with van der Waals surface area (Å²) in [6.45, 7) is 10.0. The Morgan fingerprint density at radius 1 is 1.23 bits per heavy atom. The molecular formula is C25H35ClN4O5. The van der Waals surface area contributed by atoms with E-state index < -0.39 is 11.6 Å². The molecule has 0 amide bonds. The minimum atomic E-state index is -1.02. The predicted octanol–water partition coefficient (Wildman–Crippen LogP) is 4.77. The molecule has 1 aromatic carbocycles. The first-order valence-electron chi connectivity index (χ1n) is 11.7. The zero-order chi connectivity index (χ0) is 26.2. The van der Waals surface area contributed by atoms with Crippen LogP contribution in [0.3, 0.4) is 0 Å². The summed E-state index contributed by atoms with van der Waals surface area (Å²) in [5.74, 6) is 1.30. The third-order valence-electron chi connectivity index (χ3n) is 5.37. The molecule has 0 bridgehead atoms. The Morgan fingerprint density at radius 2 is 1.94 bits per heavy atom. The van der Waals surface area contributed by atoms with Crippen molar-refractivity contribution in [3.05, 3.63) is 45.1 Å². The molecule has 0 saturated heterocycles. The number of H-pyrrole nitrogens is 1. The van der Waals surface area contributed by atoms with Crippen LogP contribution in [0.25, 0.3) is 11.0 Å². The largest absolute Gasteiger partial charge is 0.492 e. The van der Waals surface area contributed by atoms with Crippen LogP contribution in [0.2, 0.25) is 5.02 Å². The number of carbonyl (C=O) groups is 1. The number of benzene rings is 1. The lowest BCUT2D eigenvalue weighted by molar-refractivity contribution is -0.157. The second-order valence-electron chi connectivity index (χ2n) is 8.29. The monoisotopic (exact) mass is 506 g/mol. The predicted molar refractivity (Wildman–Crippen MR) is 136 cm³/mol. The molecule has 0 radical (unpaired) electrons. The van der Waals surface area contributed by atoms with Crippen molar-refractivity contribution in [2.45, 2.75) is 65.9 Å². The lowest BCUT2D eigenvalue weighted by Crippen LogP contribution is -2.41. The minimum Gasteiger partial charge on any atom is -0.492 e. The van der Waals surface area contributed by atoms with E-state index in [-0.39, 0.29) is 5.56 Å². The summed E-state index contributed by atoms with van der Waals surface area (Å²) in [6.07, 6.45) is 3.23. The topological polar surface area (TPSA) is 108 Å². The number of fused-ring (bicyclic) bond motifs is 1. The molecule has 3 aromatic rings. The van der Waals surface area contributed by atoms with Gasteiger partial charge in [0.25, 0.3) is 5.56 Å². The van der Waals surface area contributed by atoms with Gasteiger partial charge in [0.1, 0.15) is 22.8 Å². The quantitative estimate of drug-likeness (QED) is 0.416. The molecule has 0 spiro atoms. The second-order valence-corrected chi connectivity index (χ2v) is 8.69. The van der Waals surface area contributed by atoms with Gasteiger partial charge in [0.05, 0.1) is 24.4 Å². The number of ether oxygens (including phenoxy) is 3. The van der Waals surface area contributed by atoms with Crippen LogP contribution in [0, 0.1) is 6.92 Å². The normalized spacial score (nSPS) is 12.5. The first-order chi connectivity index (χ1) is 16.6. The van der Waals surface area contributed by atoms with E-state index in [1.807, 2.05) is 13.8 Å². The molecular weight excluding hydrogens is 472 g/mol. The van der Waals surface area contributed by atoms with E-state index in [9.17, 15) is 9.59 Å². The van der Waals surface area contributed by atoms with Crippen molar-refractivity contribution >= 4 is 28.6 Å². The van der Waals surface area contributed by atoms with Crippen LogP contribution in [0.1, 0.15) is 58.5 Å². The highest BCUT2D eigenvalue weighted by molar-refractivity contribution is 6.32. The number of carbonyl (C=O) groups excluding carboxylic acids is 1. The number of hydrogen-bond acceptors (Lipinski definition) is 7. The number of halogens is 1. The summed E-state index contributed by atoms with van der Waals surface area (Å²) in [6, 6.07) is 5.09. The van der Waals surface area contributed by atoms with E-state index in [1.165, 1.54) is 7.11 Å². The van der Waals surface area contributed by atoms with Gasteiger partial charge in [0, 0.05) is 13.1 Å². The Bertz CT molecular complexity index is 1210. The van der Waals surface area contributed by atoms with Crippen molar-refractivity contribution in [2.24, 2.45) is 7.05 Å². The van der Waals surface area contributed by atoms with E-state index in [0.717, 1.165) is 30.5 Å². The van der Waals surface area contributed by atoms with Crippen LogP contribution in [0.4, 0.5) is 0 Å². The third kappa shape index (κ3) is 6.97. The summed E-state index contributed by atoms with van der Waals surface area (Å²) in [5.41, 5.74) is 1.06. The highest BCUT2D eigenvalue weighted by Crippen LogP contribution is 2.32. The number of aromatic nitrogens is 4. The molecule has 10 heteroatoms. The molecule has 0 saturated carbocycles. The van der Waals surface area contributed by atoms with Gasteiger partial charge < -0.3 is 19.2 Å². The van der Waals surface area contributed by atoms with Gasteiger partial charge in [-0.3, -0.25) is 9.48 Å². The number of aromatic amines is 1. The number of esters is 1. The molecule has 1 atom stereocenters. The van der Waals surface area contributed by atoms with Crippen molar-refractivity contribution in [3.8, 4) is 11.5 Å². The van der Waals surface area contributed by atoms with Crippen molar-refractivity contribution in [3.63, 3.8) is 0 Å². The highest BCUT2D eigenvalue weighted by Gasteiger charge is 2.35. The lowest BCUT2D eigenvalue weighted by Gasteiger charge is -2.26. The zero-order valence-electron chi connectivity index (χ0n) is 21.5. The number of rotatable bonds is 9. The van der Waals surface area contributed by atoms with Gasteiger partial charge in [-0.25, -0.2) is 9.78 Å². The molecule has 0 aliphatic carbocycles. The Balaban J connectivity index is 0.000000256. The summed E-state index contributed by atoms with van der Waals surface area (Å²) in [5, 5.41) is 4.83. The standard InChI is InChI=1S/C15H21ClO4.C10H14N4O/c1-5-9-19-13-10-11(7-8-12(13)16)20-15(3,6-2)14(17)18-4;1-4-5-7-8-9(14(3)13-7)10(15)12-6(2)11-8/h7-8,10H,5-6,9H2,1-4H3;4-5H2,1-3H3,(H,11,12,15)/t15-;/m1./s1. The maximum absolute atomic E-state index is 11.8. The van der Waals surface area contributed by atoms with Gasteiger partial charge in [-0.1, -0.05) is 38.8 Å². The van der Waals surface area contributed by atoms with Crippen LogP contribution < -0.4 is 15.0 Å². The van der Waals surface area contributed by atoms with Crippen molar-refractivity contribution in [2.75, 3.05) is 13.7 Å². The molecule has 3 rings (SSSR count). The average Bonchev–Trinajstić information content (AvgIpc) is 3.14. The van der Waals surface area contributed by atoms with Crippen LogP contribution in [0.5, 0.6) is 11.5 Å². The number of aryl methyl sites for hydroxylation is 3. The molecule has 9 nitrogen and oxygen atoms in total. The Hall–Kier alpha value is -3.07. The fourth-order valence-electron chi connectivity index (χ4n) is 3.37. The van der Waals surface area contributed by atoms with Gasteiger partial charge in [-0.05, 0) is 45.2 Å². The number of methoxy groups -OCH3 is 1. The fraction of sp³-hybridized carbons (Fsp3) is 0.520. The third-order valence-corrected chi connectivity index (χ3v) is 5.68. The van der Waals surface area contributed by atoms with E-state index >= 15 is 0 Å². The molecule has 0 fully saturated rings. The molecule has 0 aliphatic heterocycles. The summed E-state index contributed by atoms with van der Waals surface area (Å²) >= 11 is 6.05. The van der Waals surface area contributed by atoms with Crippen molar-refractivity contribution < 1.29 is 19.0 Å². The summed E-state index contributed by atoms with van der Waals surface area (Å²) in [7, 11) is 3.12. The van der Waals surface area contributed by atoms with Gasteiger partial charge in [0.15, 0.2) is 5.52 Å². The highest BCUT2D eigenvalue weighted by atomic mass is 35.5. The minimum absolute atomic E-state index is 0.116. The first-order valence-corrected chi connectivity index (χ1v) is 12.1. The Kier molecular flexibility index (Phi) is 10.1. The molecule has 0 aliphatic rings. The van der Waals surface area contributed by atoms with E-state index in [1.54, 1.807) is 43.8 Å². The summed E-state index contributed by atoms with van der Waals surface area (Å²) < 4.78 is 17.7. The van der Waals surface area contributed by atoms with Gasteiger partial charge in [0.2, 0.25) is 5.60 Å². The lowest BCUT2D eigenvalue weighted by atomic mass is 10.0. The maximum atomic E-state index is 11.8. The molecule has 2 heterocycles. The van der Waals surface area contributed by atoms with Crippen LogP contribution in [-0.4, -0.2) is 45.0 Å². The summed E-state index contributed by atoms with van der Waals surface area (Å²) in [4.78, 5) is 30.5. The Morgan fingerprint density at radius 3 is 2.54 bits per heavy atom. The fourth-order valence-corrected chi connectivity index (χ4v) is 3.54. The van der Waals surface area contributed by atoms with Gasteiger partial charge in [-0.15, -0.1) is 0 Å². The number of nitrogens with one attached hydrogen (secondary N) is 1. The van der Waals surface area contributed by atoms with Crippen LogP contribution in [-0.2, 0) is 23.0 Å². The SMILES string of the molecule is CCCOc1cc(O[C@](C)(CC)C(=O)OC)ccc1Cl.CCCc1nn(C)c2c(=O)[nH]c(C)nc12. The van der Waals surface area contributed by atoms with Crippen LogP contribution >= 0.6 is 11.6 Å². The first kappa shape index (κ1) is 28.2. The van der Waals surface area contributed by atoms with Crippen LogP contribution in [0.15, 0.2) is 23.0 Å². The molecule has 2 aromatic heterocycles. The van der Waals surface area contributed by atoms with Crippen molar-refractivity contribution in [1.29, 1.82) is 0 Å². The van der Waals surface area contributed by atoms with Crippen molar-refractivity contribution in [1.82, 2.24) is 19.7 Å².